The molecule has 2 saturated heterocycles. The largest absolute Gasteiger partial charge is 0.438 e. The third kappa shape index (κ3) is 4.66. The average molecular weight is 426 g/mol. The van der Waals surface area contributed by atoms with Gasteiger partial charge in [0.05, 0.1) is 0 Å². The van der Waals surface area contributed by atoms with E-state index in [-0.39, 0.29) is 28.6 Å². The number of hydrogen-bond acceptors (Lipinski definition) is 5. The summed E-state index contributed by atoms with van der Waals surface area (Å²) in [5.74, 6) is -0.200. The highest BCUT2D eigenvalue weighted by Crippen LogP contribution is 2.25. The van der Waals surface area contributed by atoms with Crippen molar-refractivity contribution in [3.05, 3.63) is 17.9 Å². The molecule has 1 aromatic heterocycles. The van der Waals surface area contributed by atoms with Gasteiger partial charge in [0.1, 0.15) is 0 Å². The Morgan fingerprint density at radius 1 is 1.03 bits per heavy atom. The second-order valence-electron chi connectivity index (χ2n) is 7.66. The van der Waals surface area contributed by atoms with Crippen LogP contribution in [0.15, 0.2) is 21.6 Å². The molecule has 3 rings (SSSR count). The minimum absolute atomic E-state index is 0.0362. The predicted octanol–water partition coefficient (Wildman–Crippen LogP) is 2.17. The fourth-order valence-corrected chi connectivity index (χ4v) is 5.51. The number of hydrogen-bond donors (Lipinski definition) is 0. The molecule has 0 radical (unpaired) electrons. The molecular weight excluding hydrogens is 394 g/mol. The van der Waals surface area contributed by atoms with Gasteiger partial charge >= 0.3 is 0 Å². The predicted molar refractivity (Wildman–Crippen MR) is 108 cm³/mol. The van der Waals surface area contributed by atoms with Crippen LogP contribution in [0.25, 0.3) is 0 Å². The molecule has 162 valence electrons. The topological polar surface area (TPSA) is 91.1 Å². The Kier molecular flexibility index (Phi) is 7.00. The van der Waals surface area contributed by atoms with Crippen molar-refractivity contribution in [3.63, 3.8) is 0 Å². The number of sulfonamides is 1. The average Bonchev–Trinajstić information content (AvgIpc) is 3.26. The Hall–Kier alpha value is -1.87. The first kappa shape index (κ1) is 21.8. The van der Waals surface area contributed by atoms with Gasteiger partial charge in [-0.2, -0.15) is 4.31 Å². The van der Waals surface area contributed by atoms with Crippen LogP contribution in [0.5, 0.6) is 0 Å². The zero-order valence-electron chi connectivity index (χ0n) is 17.3. The van der Waals surface area contributed by atoms with Crippen molar-refractivity contribution >= 4 is 21.8 Å². The number of carbonyl (C=O) groups excluding carboxylic acids is 2. The molecule has 2 fully saturated rings. The molecule has 2 amide bonds. The molecule has 1 aromatic rings. The molecule has 8 nitrogen and oxygen atoms in total. The summed E-state index contributed by atoms with van der Waals surface area (Å²) in [6, 6.07) is 2.81. The summed E-state index contributed by atoms with van der Waals surface area (Å²) in [5, 5.41) is -0.172. The number of nitrogens with zero attached hydrogens (tertiary/aromatic N) is 3. The SMILES string of the molecule is CCN(CC)C(=O)C1CCN(C(=O)c2ccc(S(=O)(=O)N3CCCCC3)o2)CC1. The van der Waals surface area contributed by atoms with E-state index in [0.29, 0.717) is 52.1 Å². The van der Waals surface area contributed by atoms with Crippen LogP contribution in [0.3, 0.4) is 0 Å². The number of rotatable bonds is 6. The monoisotopic (exact) mass is 425 g/mol. The number of piperidine rings is 2. The molecule has 0 aromatic carbocycles. The number of amides is 2. The molecule has 3 heterocycles. The number of carbonyl (C=O) groups is 2. The quantitative estimate of drug-likeness (QED) is 0.697. The van der Waals surface area contributed by atoms with Crippen LogP contribution >= 0.6 is 0 Å². The van der Waals surface area contributed by atoms with Crippen molar-refractivity contribution in [3.8, 4) is 0 Å². The zero-order valence-corrected chi connectivity index (χ0v) is 18.1. The van der Waals surface area contributed by atoms with E-state index >= 15 is 0 Å². The van der Waals surface area contributed by atoms with Gasteiger partial charge in [0.15, 0.2) is 5.76 Å². The van der Waals surface area contributed by atoms with Crippen LogP contribution in [0.1, 0.15) is 56.5 Å². The maximum absolute atomic E-state index is 12.8. The standard InChI is InChI=1S/C20H31N3O5S/c1-3-21(4-2)19(24)16-10-14-22(15-11-16)20(25)17-8-9-18(28-17)29(26,27)23-12-6-5-7-13-23/h8-9,16H,3-7,10-15H2,1-2H3. The van der Waals surface area contributed by atoms with Crippen molar-refractivity contribution in [1.82, 2.24) is 14.1 Å². The molecule has 2 aliphatic rings. The molecule has 0 atom stereocenters. The zero-order chi connectivity index (χ0) is 21.0. The Balaban J connectivity index is 1.62. The highest BCUT2D eigenvalue weighted by molar-refractivity contribution is 7.89. The van der Waals surface area contributed by atoms with Crippen LogP contribution in [0.4, 0.5) is 0 Å². The maximum Gasteiger partial charge on any atom is 0.289 e. The molecule has 0 N–H and O–H groups in total. The van der Waals surface area contributed by atoms with Crippen LogP contribution in [0, 0.1) is 5.92 Å². The first-order chi connectivity index (χ1) is 13.9. The summed E-state index contributed by atoms with van der Waals surface area (Å²) in [6.07, 6.45) is 3.93. The smallest absolute Gasteiger partial charge is 0.289 e. The first-order valence-electron chi connectivity index (χ1n) is 10.6. The van der Waals surface area contributed by atoms with Gasteiger partial charge in [0.2, 0.25) is 11.0 Å². The molecule has 2 aliphatic heterocycles. The highest BCUT2D eigenvalue weighted by atomic mass is 32.2. The van der Waals surface area contributed by atoms with E-state index in [1.165, 1.54) is 16.4 Å². The van der Waals surface area contributed by atoms with Gasteiger partial charge in [-0.15, -0.1) is 0 Å². The van der Waals surface area contributed by atoms with Crippen LogP contribution in [-0.4, -0.2) is 73.6 Å². The normalized spacial score (nSPS) is 19.3. The van der Waals surface area contributed by atoms with Crippen LogP contribution in [0.2, 0.25) is 0 Å². The van der Waals surface area contributed by atoms with Crippen LogP contribution < -0.4 is 0 Å². The van der Waals surface area contributed by atoms with E-state index in [9.17, 15) is 18.0 Å². The third-order valence-corrected chi connectivity index (χ3v) is 7.68. The van der Waals surface area contributed by atoms with Crippen molar-refractivity contribution < 1.29 is 22.4 Å². The summed E-state index contributed by atoms with van der Waals surface area (Å²) in [4.78, 5) is 28.7. The van der Waals surface area contributed by atoms with Crippen LogP contribution in [-0.2, 0) is 14.8 Å². The summed E-state index contributed by atoms with van der Waals surface area (Å²) in [6.45, 7) is 7.21. The summed E-state index contributed by atoms with van der Waals surface area (Å²) < 4.78 is 32.3. The lowest BCUT2D eigenvalue weighted by Crippen LogP contribution is -2.44. The van der Waals surface area contributed by atoms with Gasteiger partial charge in [0, 0.05) is 45.2 Å². The van der Waals surface area contributed by atoms with E-state index in [4.69, 9.17) is 4.42 Å². The minimum atomic E-state index is -3.70. The fraction of sp³-hybridized carbons (Fsp3) is 0.700. The van der Waals surface area contributed by atoms with Gasteiger partial charge in [-0.25, -0.2) is 8.42 Å². The Labute approximate surface area is 172 Å². The second kappa shape index (κ2) is 9.30. The van der Waals surface area contributed by atoms with Gasteiger partial charge in [-0.1, -0.05) is 6.42 Å². The molecule has 29 heavy (non-hydrogen) atoms. The van der Waals surface area contributed by atoms with Crippen molar-refractivity contribution in [2.75, 3.05) is 39.3 Å². The second-order valence-corrected chi connectivity index (χ2v) is 9.53. The number of furan rings is 1. The van der Waals surface area contributed by atoms with E-state index < -0.39 is 10.0 Å². The fourth-order valence-electron chi connectivity index (χ4n) is 4.09. The van der Waals surface area contributed by atoms with E-state index in [1.807, 2.05) is 18.7 Å². The van der Waals surface area contributed by atoms with Gasteiger partial charge in [-0.05, 0) is 51.7 Å². The van der Waals surface area contributed by atoms with Gasteiger partial charge < -0.3 is 14.2 Å². The Bertz CT molecular complexity index is 817. The van der Waals surface area contributed by atoms with E-state index in [0.717, 1.165) is 19.3 Å². The lowest BCUT2D eigenvalue weighted by atomic mass is 9.95. The van der Waals surface area contributed by atoms with E-state index in [2.05, 4.69) is 0 Å². The first-order valence-corrected chi connectivity index (χ1v) is 12.0. The minimum Gasteiger partial charge on any atom is -0.438 e. The van der Waals surface area contributed by atoms with Crippen molar-refractivity contribution in [2.24, 2.45) is 5.92 Å². The molecule has 0 spiro atoms. The van der Waals surface area contributed by atoms with Gasteiger partial charge in [0.25, 0.3) is 15.9 Å². The lowest BCUT2D eigenvalue weighted by Gasteiger charge is -2.33. The summed E-state index contributed by atoms with van der Waals surface area (Å²) >= 11 is 0. The van der Waals surface area contributed by atoms with E-state index in [1.54, 1.807) is 4.90 Å². The summed E-state index contributed by atoms with van der Waals surface area (Å²) in [7, 11) is -3.70. The highest BCUT2D eigenvalue weighted by Gasteiger charge is 2.33. The Morgan fingerprint density at radius 2 is 1.66 bits per heavy atom. The molecular formula is C20H31N3O5S. The van der Waals surface area contributed by atoms with Crippen molar-refractivity contribution in [2.45, 2.75) is 51.0 Å². The Morgan fingerprint density at radius 3 is 2.24 bits per heavy atom. The number of likely N-dealkylation sites (tertiary alicyclic amines) is 1. The van der Waals surface area contributed by atoms with Crippen molar-refractivity contribution in [1.29, 1.82) is 0 Å². The molecule has 9 heteroatoms. The summed E-state index contributed by atoms with van der Waals surface area (Å²) in [5.41, 5.74) is 0. The molecule has 0 aliphatic carbocycles. The maximum atomic E-state index is 12.8. The molecule has 0 unspecified atom stereocenters. The van der Waals surface area contributed by atoms with Gasteiger partial charge in [-0.3, -0.25) is 9.59 Å². The third-order valence-electron chi connectivity index (χ3n) is 5.91. The molecule has 0 saturated carbocycles. The molecule has 0 bridgehead atoms. The lowest BCUT2D eigenvalue weighted by molar-refractivity contribution is -0.136.